The summed E-state index contributed by atoms with van der Waals surface area (Å²) in [7, 11) is 1.61. The summed E-state index contributed by atoms with van der Waals surface area (Å²) in [6.45, 7) is 8.45. The highest BCUT2D eigenvalue weighted by atomic mass is 16.5. The van der Waals surface area contributed by atoms with Gasteiger partial charge >= 0.3 is 0 Å². The summed E-state index contributed by atoms with van der Waals surface area (Å²) >= 11 is 0. The molecule has 0 aliphatic carbocycles. The van der Waals surface area contributed by atoms with Crippen molar-refractivity contribution in [3.05, 3.63) is 29.3 Å². The van der Waals surface area contributed by atoms with Crippen LogP contribution in [-0.4, -0.2) is 37.2 Å². The second-order valence-corrected chi connectivity index (χ2v) is 5.56. The molecule has 0 atom stereocenters. The Morgan fingerprint density at radius 2 is 2.26 bits per heavy atom. The van der Waals surface area contributed by atoms with Gasteiger partial charge in [-0.25, -0.2) is 0 Å². The van der Waals surface area contributed by atoms with Crippen molar-refractivity contribution in [3.63, 3.8) is 0 Å². The molecular formula is C15H21N3O. The average molecular weight is 259 g/mol. The zero-order valence-electron chi connectivity index (χ0n) is 11.9. The lowest BCUT2D eigenvalue weighted by Gasteiger charge is -2.43. The van der Waals surface area contributed by atoms with Gasteiger partial charge in [0, 0.05) is 31.7 Å². The van der Waals surface area contributed by atoms with Crippen LogP contribution in [-0.2, 0) is 6.54 Å². The van der Waals surface area contributed by atoms with Gasteiger partial charge in [-0.05, 0) is 31.5 Å². The Bertz CT molecular complexity index is 491. The van der Waals surface area contributed by atoms with Gasteiger partial charge in [0.25, 0.3) is 0 Å². The van der Waals surface area contributed by atoms with E-state index in [0.717, 1.165) is 26.2 Å². The van der Waals surface area contributed by atoms with E-state index < -0.39 is 0 Å². The second kappa shape index (κ2) is 5.60. The molecule has 0 saturated carbocycles. The Hall–Kier alpha value is -1.57. The van der Waals surface area contributed by atoms with Crippen molar-refractivity contribution in [2.45, 2.75) is 25.9 Å². The summed E-state index contributed by atoms with van der Waals surface area (Å²) in [6.07, 6.45) is 0. The number of hydrogen-bond donors (Lipinski definition) is 1. The summed E-state index contributed by atoms with van der Waals surface area (Å²) in [5.74, 6) is 0.660. The number of benzene rings is 1. The molecule has 1 saturated heterocycles. The molecule has 4 heteroatoms. The number of methoxy groups -OCH3 is 1. The van der Waals surface area contributed by atoms with E-state index in [0.29, 0.717) is 11.3 Å². The van der Waals surface area contributed by atoms with E-state index in [1.807, 2.05) is 18.2 Å². The number of nitrogens with one attached hydrogen (secondary N) is 1. The van der Waals surface area contributed by atoms with E-state index in [-0.39, 0.29) is 5.54 Å². The minimum Gasteiger partial charge on any atom is -0.495 e. The Kier molecular flexibility index (Phi) is 4.08. The smallest absolute Gasteiger partial charge is 0.136 e. The van der Waals surface area contributed by atoms with Crippen LogP contribution in [0.15, 0.2) is 18.2 Å². The Balaban J connectivity index is 2.17. The summed E-state index contributed by atoms with van der Waals surface area (Å²) in [4.78, 5) is 2.46. The molecule has 19 heavy (non-hydrogen) atoms. The third-order valence-electron chi connectivity index (χ3n) is 3.73. The first-order chi connectivity index (χ1) is 9.06. The van der Waals surface area contributed by atoms with Gasteiger partial charge in [-0.2, -0.15) is 5.26 Å². The van der Waals surface area contributed by atoms with Gasteiger partial charge in [-0.15, -0.1) is 0 Å². The van der Waals surface area contributed by atoms with Crippen molar-refractivity contribution in [2.75, 3.05) is 26.7 Å². The summed E-state index contributed by atoms with van der Waals surface area (Å²) in [5, 5.41) is 12.4. The van der Waals surface area contributed by atoms with Gasteiger partial charge in [-0.3, -0.25) is 4.90 Å². The summed E-state index contributed by atoms with van der Waals surface area (Å²) in [5.41, 5.74) is 1.93. The summed E-state index contributed by atoms with van der Waals surface area (Å²) in [6, 6.07) is 7.96. The molecule has 2 rings (SSSR count). The highest BCUT2D eigenvalue weighted by Crippen LogP contribution is 2.23. The summed E-state index contributed by atoms with van der Waals surface area (Å²) < 4.78 is 5.26. The number of ether oxygens (including phenoxy) is 1. The SMILES string of the molecule is COc1cc(CN2CCNCC2(C)C)ccc1C#N. The first kappa shape index (κ1) is 13.9. The molecule has 0 amide bonds. The van der Waals surface area contributed by atoms with Gasteiger partial charge in [0.1, 0.15) is 11.8 Å². The molecule has 0 radical (unpaired) electrons. The van der Waals surface area contributed by atoms with Crippen LogP contribution in [0.4, 0.5) is 0 Å². The van der Waals surface area contributed by atoms with Gasteiger partial charge in [0.15, 0.2) is 0 Å². The first-order valence-electron chi connectivity index (χ1n) is 6.59. The van der Waals surface area contributed by atoms with Crippen LogP contribution in [0, 0.1) is 11.3 Å². The van der Waals surface area contributed by atoms with Crippen LogP contribution in [0.25, 0.3) is 0 Å². The number of rotatable bonds is 3. The Labute approximate surface area is 115 Å². The topological polar surface area (TPSA) is 48.3 Å². The normalized spacial score (nSPS) is 18.8. The van der Waals surface area contributed by atoms with Crippen LogP contribution in [0.3, 0.4) is 0 Å². The zero-order valence-corrected chi connectivity index (χ0v) is 11.9. The standard InChI is InChI=1S/C15H21N3O/c1-15(2)11-17-6-7-18(15)10-12-4-5-13(9-16)14(8-12)19-3/h4-5,8,17H,6-7,10-11H2,1-3H3. The lowest BCUT2D eigenvalue weighted by molar-refractivity contribution is 0.0827. The maximum atomic E-state index is 9.00. The van der Waals surface area contributed by atoms with Crippen molar-refractivity contribution >= 4 is 0 Å². The molecule has 102 valence electrons. The molecule has 0 bridgehead atoms. The van der Waals surface area contributed by atoms with Crippen molar-refractivity contribution in [3.8, 4) is 11.8 Å². The fourth-order valence-electron chi connectivity index (χ4n) is 2.46. The molecular weight excluding hydrogens is 238 g/mol. The lowest BCUT2D eigenvalue weighted by atomic mass is 9.99. The third-order valence-corrected chi connectivity index (χ3v) is 3.73. The van der Waals surface area contributed by atoms with Crippen LogP contribution in [0.5, 0.6) is 5.75 Å². The quantitative estimate of drug-likeness (QED) is 0.898. The van der Waals surface area contributed by atoms with Crippen LogP contribution >= 0.6 is 0 Å². The first-order valence-corrected chi connectivity index (χ1v) is 6.59. The highest BCUT2D eigenvalue weighted by molar-refractivity contribution is 5.45. The highest BCUT2D eigenvalue weighted by Gasteiger charge is 2.29. The molecule has 4 nitrogen and oxygen atoms in total. The molecule has 1 fully saturated rings. The predicted octanol–water partition coefficient (Wildman–Crippen LogP) is 1.75. The lowest BCUT2D eigenvalue weighted by Crippen LogP contribution is -2.57. The zero-order chi connectivity index (χ0) is 13.9. The van der Waals surface area contributed by atoms with Gasteiger partial charge < -0.3 is 10.1 Å². The van der Waals surface area contributed by atoms with E-state index in [9.17, 15) is 0 Å². The largest absolute Gasteiger partial charge is 0.495 e. The fraction of sp³-hybridized carbons (Fsp3) is 0.533. The van der Waals surface area contributed by atoms with Crippen LogP contribution < -0.4 is 10.1 Å². The molecule has 0 aromatic heterocycles. The molecule has 1 aromatic carbocycles. The monoisotopic (exact) mass is 259 g/mol. The van der Waals surface area contributed by atoms with E-state index in [4.69, 9.17) is 10.00 Å². The molecule has 1 N–H and O–H groups in total. The maximum Gasteiger partial charge on any atom is 0.136 e. The second-order valence-electron chi connectivity index (χ2n) is 5.56. The van der Waals surface area contributed by atoms with Crippen molar-refractivity contribution in [1.82, 2.24) is 10.2 Å². The third kappa shape index (κ3) is 3.06. The molecule has 0 unspecified atom stereocenters. The number of piperazine rings is 1. The van der Waals surface area contributed by atoms with Gasteiger partial charge in [-0.1, -0.05) is 6.07 Å². The number of hydrogen-bond acceptors (Lipinski definition) is 4. The van der Waals surface area contributed by atoms with Crippen molar-refractivity contribution in [1.29, 1.82) is 5.26 Å². The number of nitrogens with zero attached hydrogens (tertiary/aromatic N) is 2. The van der Waals surface area contributed by atoms with Crippen molar-refractivity contribution < 1.29 is 4.74 Å². The van der Waals surface area contributed by atoms with Crippen LogP contribution in [0.2, 0.25) is 0 Å². The molecule has 1 heterocycles. The molecule has 0 spiro atoms. The van der Waals surface area contributed by atoms with Gasteiger partial charge in [0.2, 0.25) is 0 Å². The molecule has 1 aliphatic heterocycles. The minimum absolute atomic E-state index is 0.152. The molecule has 1 aromatic rings. The van der Waals surface area contributed by atoms with E-state index in [1.54, 1.807) is 7.11 Å². The van der Waals surface area contributed by atoms with Gasteiger partial charge in [0.05, 0.1) is 12.7 Å². The maximum absolute atomic E-state index is 9.00. The van der Waals surface area contributed by atoms with Crippen LogP contribution in [0.1, 0.15) is 25.0 Å². The predicted molar refractivity (Wildman–Crippen MR) is 75.1 cm³/mol. The van der Waals surface area contributed by atoms with E-state index >= 15 is 0 Å². The Morgan fingerprint density at radius 1 is 1.47 bits per heavy atom. The fourth-order valence-corrected chi connectivity index (χ4v) is 2.46. The van der Waals surface area contributed by atoms with E-state index in [2.05, 4.69) is 30.1 Å². The van der Waals surface area contributed by atoms with Crippen molar-refractivity contribution in [2.24, 2.45) is 0 Å². The minimum atomic E-state index is 0.152. The number of nitriles is 1. The van der Waals surface area contributed by atoms with E-state index in [1.165, 1.54) is 5.56 Å². The Morgan fingerprint density at radius 3 is 2.89 bits per heavy atom. The average Bonchev–Trinajstić information content (AvgIpc) is 2.41. The molecule has 1 aliphatic rings.